The molecule has 0 saturated heterocycles. The Hall–Kier alpha value is -1.00. The van der Waals surface area contributed by atoms with Gasteiger partial charge in [0, 0.05) is 0 Å². The zero-order valence-electron chi connectivity index (χ0n) is 9.88. The molecule has 0 saturated carbocycles. The topological polar surface area (TPSA) is 20.2 Å². The maximum Gasteiger partial charge on any atom is 0.133 e. The number of aliphatic hydroxyl groups excluding tert-OH is 1. The van der Waals surface area contributed by atoms with Gasteiger partial charge in [0.2, 0.25) is 0 Å². The lowest BCUT2D eigenvalue weighted by molar-refractivity contribution is 0.280. The van der Waals surface area contributed by atoms with Crippen molar-refractivity contribution in [1.82, 2.24) is 0 Å². The van der Waals surface area contributed by atoms with E-state index in [1.165, 1.54) is 24.0 Å². The van der Waals surface area contributed by atoms with Crippen molar-refractivity contribution in [2.75, 3.05) is 0 Å². The summed E-state index contributed by atoms with van der Waals surface area (Å²) in [5.74, 6) is 2.29. The van der Waals surface area contributed by atoms with E-state index in [2.05, 4.69) is 26.7 Å². The minimum atomic E-state index is -0.761. The zero-order chi connectivity index (χ0) is 11.5. The van der Waals surface area contributed by atoms with Crippen LogP contribution in [0.4, 0.5) is 0 Å². The van der Waals surface area contributed by atoms with Crippen LogP contribution >= 0.6 is 0 Å². The van der Waals surface area contributed by atoms with Crippen LogP contribution in [0.3, 0.4) is 0 Å². The van der Waals surface area contributed by atoms with Gasteiger partial charge in [-0.1, -0.05) is 31.4 Å². The second-order valence-corrected chi connectivity index (χ2v) is 4.90. The van der Waals surface area contributed by atoms with Gasteiger partial charge in [0.25, 0.3) is 0 Å². The number of hydrogen-bond donors (Lipinski definition) is 1. The third kappa shape index (κ3) is 2.97. The lowest BCUT2D eigenvalue weighted by Crippen LogP contribution is -2.19. The first-order valence-corrected chi connectivity index (χ1v) is 5.50. The van der Waals surface area contributed by atoms with E-state index in [1.807, 2.05) is 6.08 Å². The Kier molecular flexibility index (Phi) is 3.77. The van der Waals surface area contributed by atoms with Gasteiger partial charge in [0.1, 0.15) is 6.10 Å². The molecule has 0 spiro atoms. The van der Waals surface area contributed by atoms with Gasteiger partial charge < -0.3 is 5.11 Å². The average molecular weight is 204 g/mol. The monoisotopic (exact) mass is 204 g/mol. The van der Waals surface area contributed by atoms with E-state index >= 15 is 0 Å². The smallest absolute Gasteiger partial charge is 0.133 e. The summed E-state index contributed by atoms with van der Waals surface area (Å²) in [5.41, 5.74) is 2.97. The summed E-state index contributed by atoms with van der Waals surface area (Å²) >= 11 is 0. The molecule has 0 aromatic heterocycles. The van der Waals surface area contributed by atoms with Crippen LogP contribution in [0.1, 0.15) is 40.0 Å². The molecule has 0 aliphatic heterocycles. The summed E-state index contributed by atoms with van der Waals surface area (Å²) in [6, 6.07) is 0. The molecular weight excluding hydrogens is 184 g/mol. The largest absolute Gasteiger partial charge is 0.377 e. The summed E-state index contributed by atoms with van der Waals surface area (Å²) in [6.07, 6.45) is 11.7. The Bertz CT molecular complexity index is 326. The van der Waals surface area contributed by atoms with E-state index in [0.717, 1.165) is 6.42 Å². The Morgan fingerprint density at radius 3 is 2.73 bits per heavy atom. The molecule has 1 atom stereocenters. The second kappa shape index (κ2) is 4.68. The summed E-state index contributed by atoms with van der Waals surface area (Å²) < 4.78 is 0. The maximum atomic E-state index is 9.30. The van der Waals surface area contributed by atoms with E-state index in [0.29, 0.717) is 0 Å². The molecule has 1 unspecified atom stereocenters. The Morgan fingerprint density at radius 1 is 1.53 bits per heavy atom. The second-order valence-electron chi connectivity index (χ2n) is 4.90. The van der Waals surface area contributed by atoms with Gasteiger partial charge in [-0.2, -0.15) is 0 Å². The zero-order valence-corrected chi connectivity index (χ0v) is 9.88. The average Bonchev–Trinajstić information content (AvgIpc) is 2.15. The molecule has 1 aliphatic rings. The molecular formula is C14H20O. The van der Waals surface area contributed by atoms with Crippen molar-refractivity contribution in [3.05, 3.63) is 23.3 Å². The molecule has 0 amide bonds. The lowest BCUT2D eigenvalue weighted by Gasteiger charge is -2.33. The van der Waals surface area contributed by atoms with Gasteiger partial charge in [-0.25, -0.2) is 0 Å². The molecule has 0 bridgehead atoms. The fourth-order valence-corrected chi connectivity index (χ4v) is 2.25. The van der Waals surface area contributed by atoms with Crippen molar-refractivity contribution in [1.29, 1.82) is 0 Å². The van der Waals surface area contributed by atoms with Crippen molar-refractivity contribution < 1.29 is 5.11 Å². The van der Waals surface area contributed by atoms with Crippen LogP contribution in [-0.4, -0.2) is 11.2 Å². The highest BCUT2D eigenvalue weighted by Crippen LogP contribution is 2.40. The van der Waals surface area contributed by atoms with Gasteiger partial charge in [0.05, 0.1) is 0 Å². The van der Waals surface area contributed by atoms with Crippen molar-refractivity contribution in [2.45, 2.75) is 46.1 Å². The molecule has 1 heteroatoms. The highest BCUT2D eigenvalue weighted by atomic mass is 16.3. The quantitative estimate of drug-likeness (QED) is 0.685. The van der Waals surface area contributed by atoms with Crippen LogP contribution in [0.5, 0.6) is 0 Å². The van der Waals surface area contributed by atoms with Crippen LogP contribution in [0.15, 0.2) is 23.3 Å². The molecule has 0 aromatic rings. The van der Waals surface area contributed by atoms with Crippen molar-refractivity contribution in [2.24, 2.45) is 5.41 Å². The Balaban J connectivity index is 2.91. The van der Waals surface area contributed by atoms with Gasteiger partial charge in [-0.15, -0.1) is 6.42 Å². The highest BCUT2D eigenvalue weighted by molar-refractivity contribution is 5.33. The van der Waals surface area contributed by atoms with Crippen LogP contribution in [0.25, 0.3) is 0 Å². The number of terminal acetylenes is 1. The molecule has 1 aliphatic carbocycles. The van der Waals surface area contributed by atoms with E-state index in [4.69, 9.17) is 6.42 Å². The predicted octanol–water partition coefficient (Wildman–Crippen LogP) is 3.06. The number of allylic oxidation sites excluding steroid dienone is 3. The van der Waals surface area contributed by atoms with Crippen LogP contribution in [0, 0.1) is 17.8 Å². The fourth-order valence-electron chi connectivity index (χ4n) is 2.25. The third-order valence-corrected chi connectivity index (χ3v) is 3.16. The Morgan fingerprint density at radius 2 is 2.20 bits per heavy atom. The molecule has 0 radical (unpaired) electrons. The summed E-state index contributed by atoms with van der Waals surface area (Å²) in [6.45, 7) is 6.66. The molecule has 1 N–H and O–H groups in total. The standard InChI is InChI=1S/C14H20O/c1-5-12(15)8-9-13-11(2)7-6-10-14(13,3)4/h1,8-9,12,15H,6-7,10H2,2-4H3/b9-8+. The van der Waals surface area contributed by atoms with Crippen LogP contribution < -0.4 is 0 Å². The normalized spacial score (nSPS) is 22.9. The number of rotatable bonds is 2. The van der Waals surface area contributed by atoms with Gasteiger partial charge >= 0.3 is 0 Å². The molecule has 1 rings (SSSR count). The first kappa shape index (κ1) is 12.1. The molecule has 1 nitrogen and oxygen atoms in total. The first-order chi connectivity index (χ1) is 6.97. The molecule has 0 heterocycles. The highest BCUT2D eigenvalue weighted by Gasteiger charge is 2.26. The van der Waals surface area contributed by atoms with E-state index in [9.17, 15) is 5.11 Å². The number of hydrogen-bond acceptors (Lipinski definition) is 1. The minimum absolute atomic E-state index is 0.215. The maximum absolute atomic E-state index is 9.30. The van der Waals surface area contributed by atoms with Crippen LogP contribution in [0.2, 0.25) is 0 Å². The predicted molar refractivity (Wildman–Crippen MR) is 64.3 cm³/mol. The molecule has 15 heavy (non-hydrogen) atoms. The SMILES string of the molecule is C#CC(O)/C=C/C1=C(C)CCCC1(C)C. The van der Waals surface area contributed by atoms with Crippen molar-refractivity contribution in [3.8, 4) is 12.3 Å². The minimum Gasteiger partial charge on any atom is -0.377 e. The van der Waals surface area contributed by atoms with E-state index in [-0.39, 0.29) is 5.41 Å². The van der Waals surface area contributed by atoms with Crippen molar-refractivity contribution >= 4 is 0 Å². The summed E-state index contributed by atoms with van der Waals surface area (Å²) in [5, 5.41) is 9.30. The fraction of sp³-hybridized carbons (Fsp3) is 0.571. The lowest BCUT2D eigenvalue weighted by atomic mass is 9.72. The molecule has 0 fully saturated rings. The summed E-state index contributed by atoms with van der Waals surface area (Å²) in [4.78, 5) is 0. The van der Waals surface area contributed by atoms with Gasteiger partial charge in [-0.05, 0) is 43.3 Å². The van der Waals surface area contributed by atoms with Crippen LogP contribution in [-0.2, 0) is 0 Å². The van der Waals surface area contributed by atoms with E-state index in [1.54, 1.807) is 6.08 Å². The van der Waals surface area contributed by atoms with Crippen molar-refractivity contribution in [3.63, 3.8) is 0 Å². The molecule has 0 aromatic carbocycles. The van der Waals surface area contributed by atoms with Gasteiger partial charge in [-0.3, -0.25) is 0 Å². The van der Waals surface area contributed by atoms with E-state index < -0.39 is 6.10 Å². The number of aliphatic hydroxyl groups is 1. The summed E-state index contributed by atoms with van der Waals surface area (Å²) in [7, 11) is 0. The third-order valence-electron chi connectivity index (χ3n) is 3.16. The molecule has 82 valence electrons. The van der Waals surface area contributed by atoms with Gasteiger partial charge in [0.15, 0.2) is 0 Å². The first-order valence-electron chi connectivity index (χ1n) is 5.50. The Labute approximate surface area is 92.9 Å².